The molecule has 0 bridgehead atoms. The maximum absolute atomic E-state index is 12.1. The monoisotopic (exact) mass is 562 g/mol. The van der Waals surface area contributed by atoms with Gasteiger partial charge in [0, 0.05) is 63.5 Å². The summed E-state index contributed by atoms with van der Waals surface area (Å²) in [5.74, 6) is 0.260. The van der Waals surface area contributed by atoms with Gasteiger partial charge in [0.05, 0.1) is 0 Å². The van der Waals surface area contributed by atoms with E-state index in [4.69, 9.17) is 39.8 Å². The van der Waals surface area contributed by atoms with Gasteiger partial charge in [-0.15, -0.1) is 0 Å². The number of guanidine groups is 2. The van der Waals surface area contributed by atoms with Crippen molar-refractivity contribution in [2.45, 2.75) is 0 Å². The minimum atomic E-state index is -4.67. The largest absolute Gasteiger partial charge is 0.394 e. The third-order valence-corrected chi connectivity index (χ3v) is 5.86. The van der Waals surface area contributed by atoms with Crippen molar-refractivity contribution in [1.29, 1.82) is 10.8 Å². The van der Waals surface area contributed by atoms with Crippen LogP contribution in [0.5, 0.6) is 0 Å². The average Bonchev–Trinajstić information content (AvgIpc) is 2.93. The molecule has 0 radical (unpaired) electrons. The molecule has 2 aromatic rings. The SMILES string of the molecule is N=C(N)N1CCN(C(=O)c2ccccc2)CC1.N=C(N)N1CCN(C(=O)c2ccccc2)CC1.O=S(=O)(O)O. The maximum Gasteiger partial charge on any atom is 0.394 e. The number of amides is 2. The molecule has 8 N–H and O–H groups in total. The molecule has 0 aromatic heterocycles. The second-order valence-corrected chi connectivity index (χ2v) is 9.40. The first kappa shape index (κ1) is 31.0. The van der Waals surface area contributed by atoms with Gasteiger partial charge in [-0.05, 0) is 24.3 Å². The van der Waals surface area contributed by atoms with E-state index in [9.17, 15) is 9.59 Å². The van der Waals surface area contributed by atoms with Crippen molar-refractivity contribution in [1.82, 2.24) is 19.6 Å². The number of nitrogens with one attached hydrogen (secondary N) is 2. The average molecular weight is 563 g/mol. The van der Waals surface area contributed by atoms with Gasteiger partial charge >= 0.3 is 10.4 Å². The molecule has 2 amide bonds. The van der Waals surface area contributed by atoms with E-state index in [0.717, 1.165) is 0 Å². The summed E-state index contributed by atoms with van der Waals surface area (Å²) in [6.45, 7) is 5.00. The highest BCUT2D eigenvalue weighted by Gasteiger charge is 2.23. The van der Waals surface area contributed by atoms with Crippen LogP contribution in [0.15, 0.2) is 60.7 Å². The van der Waals surface area contributed by atoms with Crippen LogP contribution in [-0.4, -0.2) is 113 Å². The molecule has 4 rings (SSSR count). The topological polar surface area (TPSA) is 221 Å². The molecule has 0 spiro atoms. The number of carbonyl (C=O) groups is 2. The van der Waals surface area contributed by atoms with Crippen LogP contribution in [0.2, 0.25) is 0 Å². The quantitative estimate of drug-likeness (QED) is 0.164. The molecule has 2 saturated heterocycles. The van der Waals surface area contributed by atoms with Crippen molar-refractivity contribution in [2.24, 2.45) is 11.5 Å². The van der Waals surface area contributed by atoms with Crippen LogP contribution in [0.1, 0.15) is 20.7 Å². The van der Waals surface area contributed by atoms with Gasteiger partial charge < -0.3 is 31.1 Å². The Morgan fingerprint density at radius 1 is 0.590 bits per heavy atom. The molecule has 14 nitrogen and oxygen atoms in total. The number of nitrogens with two attached hydrogens (primary N) is 2. The molecule has 0 aliphatic carbocycles. The molecule has 39 heavy (non-hydrogen) atoms. The summed E-state index contributed by atoms with van der Waals surface area (Å²) < 4.78 is 31.6. The summed E-state index contributed by atoms with van der Waals surface area (Å²) in [6, 6.07) is 18.5. The molecule has 2 heterocycles. The molecule has 2 aliphatic rings. The smallest absolute Gasteiger partial charge is 0.370 e. The van der Waals surface area contributed by atoms with E-state index in [0.29, 0.717) is 63.5 Å². The zero-order valence-electron chi connectivity index (χ0n) is 21.3. The van der Waals surface area contributed by atoms with Crippen LogP contribution in [0.25, 0.3) is 0 Å². The van der Waals surface area contributed by atoms with Crippen LogP contribution in [-0.2, 0) is 10.4 Å². The van der Waals surface area contributed by atoms with E-state index >= 15 is 0 Å². The Labute approximate surface area is 227 Å². The van der Waals surface area contributed by atoms with E-state index in [1.165, 1.54) is 0 Å². The Morgan fingerprint density at radius 3 is 1.05 bits per heavy atom. The van der Waals surface area contributed by atoms with Crippen LogP contribution >= 0.6 is 0 Å². The second-order valence-electron chi connectivity index (χ2n) is 8.51. The molecule has 2 aromatic carbocycles. The first-order valence-corrected chi connectivity index (χ1v) is 13.3. The summed E-state index contributed by atoms with van der Waals surface area (Å²) in [5, 5.41) is 14.7. The molecule has 2 aliphatic heterocycles. The van der Waals surface area contributed by atoms with Gasteiger partial charge in [0.25, 0.3) is 11.8 Å². The third-order valence-electron chi connectivity index (χ3n) is 5.86. The number of carbonyl (C=O) groups excluding carboxylic acids is 2. The highest BCUT2D eigenvalue weighted by atomic mass is 32.3. The van der Waals surface area contributed by atoms with Gasteiger partial charge in [0.2, 0.25) is 0 Å². The van der Waals surface area contributed by atoms with Gasteiger partial charge in [-0.1, -0.05) is 36.4 Å². The number of hydrogen-bond acceptors (Lipinski definition) is 6. The molecule has 0 unspecified atom stereocenters. The van der Waals surface area contributed by atoms with Crippen molar-refractivity contribution in [3.05, 3.63) is 71.8 Å². The summed E-state index contributed by atoms with van der Waals surface area (Å²) in [6.07, 6.45) is 0. The molecule has 0 atom stereocenters. The Balaban J connectivity index is 0.000000234. The number of benzene rings is 2. The zero-order chi connectivity index (χ0) is 29.0. The second kappa shape index (κ2) is 14.7. The van der Waals surface area contributed by atoms with Crippen LogP contribution in [0, 0.1) is 10.8 Å². The Bertz CT molecular complexity index is 1120. The third kappa shape index (κ3) is 11.0. The lowest BCUT2D eigenvalue weighted by Crippen LogP contribution is -2.52. The highest BCUT2D eigenvalue weighted by molar-refractivity contribution is 7.79. The number of nitrogens with zero attached hydrogens (tertiary/aromatic N) is 4. The van der Waals surface area contributed by atoms with Crippen LogP contribution in [0.4, 0.5) is 0 Å². The highest BCUT2D eigenvalue weighted by Crippen LogP contribution is 2.09. The van der Waals surface area contributed by atoms with Gasteiger partial charge in [0.15, 0.2) is 11.9 Å². The molecular formula is C24H34N8O6S. The fraction of sp³-hybridized carbons (Fsp3) is 0.333. The first-order valence-electron chi connectivity index (χ1n) is 11.9. The summed E-state index contributed by atoms with van der Waals surface area (Å²) in [5.41, 5.74) is 12.2. The normalized spacial score (nSPS) is 15.2. The van der Waals surface area contributed by atoms with Crippen LogP contribution in [0.3, 0.4) is 0 Å². The van der Waals surface area contributed by atoms with Gasteiger partial charge in [-0.3, -0.25) is 29.5 Å². The number of hydrogen-bond donors (Lipinski definition) is 6. The molecule has 0 saturated carbocycles. The van der Waals surface area contributed by atoms with E-state index < -0.39 is 10.4 Å². The lowest BCUT2D eigenvalue weighted by atomic mass is 10.2. The lowest BCUT2D eigenvalue weighted by molar-refractivity contribution is 0.0684. The van der Waals surface area contributed by atoms with Crippen molar-refractivity contribution < 1.29 is 27.1 Å². The Morgan fingerprint density at radius 2 is 0.821 bits per heavy atom. The summed E-state index contributed by atoms with van der Waals surface area (Å²) >= 11 is 0. The Kier molecular flexibility index (Phi) is 11.7. The van der Waals surface area contributed by atoms with E-state index in [2.05, 4.69) is 0 Å². The van der Waals surface area contributed by atoms with E-state index in [1.54, 1.807) is 19.6 Å². The number of piperazine rings is 2. The standard InChI is InChI=1S/2C12H16N4O.H2O4S/c2*13-12(14)16-8-6-15(7-9-16)11(17)10-4-2-1-3-5-10;1-5(2,3)4/h2*1-5H,6-9H2,(H3,13,14);(H2,1,2,3,4). The fourth-order valence-corrected chi connectivity index (χ4v) is 3.83. The Hall–Kier alpha value is -4.21. The lowest BCUT2D eigenvalue weighted by Gasteiger charge is -2.34. The first-order chi connectivity index (χ1) is 18.4. The van der Waals surface area contributed by atoms with E-state index in [-0.39, 0.29) is 23.7 Å². The molecular weight excluding hydrogens is 528 g/mol. The fourth-order valence-electron chi connectivity index (χ4n) is 3.83. The summed E-state index contributed by atoms with van der Waals surface area (Å²) in [4.78, 5) is 31.3. The summed E-state index contributed by atoms with van der Waals surface area (Å²) in [7, 11) is -4.67. The van der Waals surface area contributed by atoms with Gasteiger partial charge in [-0.25, -0.2) is 0 Å². The molecule has 2 fully saturated rings. The van der Waals surface area contributed by atoms with Crippen molar-refractivity contribution >= 4 is 34.1 Å². The van der Waals surface area contributed by atoms with Crippen LogP contribution < -0.4 is 11.5 Å². The molecule has 212 valence electrons. The minimum Gasteiger partial charge on any atom is -0.370 e. The molecule has 15 heteroatoms. The predicted molar refractivity (Wildman–Crippen MR) is 146 cm³/mol. The van der Waals surface area contributed by atoms with Crippen molar-refractivity contribution in [3.8, 4) is 0 Å². The predicted octanol–water partition coefficient (Wildman–Crippen LogP) is 0.0229. The number of rotatable bonds is 2. The van der Waals surface area contributed by atoms with Crippen molar-refractivity contribution in [3.63, 3.8) is 0 Å². The zero-order valence-corrected chi connectivity index (χ0v) is 22.1. The van der Waals surface area contributed by atoms with Crippen molar-refractivity contribution in [2.75, 3.05) is 52.4 Å². The van der Waals surface area contributed by atoms with Gasteiger partial charge in [0.1, 0.15) is 0 Å². The minimum absolute atomic E-state index is 0.0498. The van der Waals surface area contributed by atoms with Gasteiger partial charge in [-0.2, -0.15) is 8.42 Å². The maximum atomic E-state index is 12.1. The van der Waals surface area contributed by atoms with E-state index in [1.807, 2.05) is 60.7 Å².